The lowest BCUT2D eigenvalue weighted by Crippen LogP contribution is -2.44. The van der Waals surface area contributed by atoms with Crippen molar-refractivity contribution in [1.29, 1.82) is 0 Å². The normalized spacial score (nSPS) is 16.1. The molecule has 1 aliphatic heterocycles. The second kappa shape index (κ2) is 8.95. The van der Waals surface area contributed by atoms with Crippen LogP contribution in [0.4, 0.5) is 10.3 Å². The molecule has 1 fully saturated rings. The molecule has 1 unspecified atom stereocenters. The third-order valence-electron chi connectivity index (χ3n) is 6.35. The molecule has 0 aliphatic carbocycles. The number of nitrogens with two attached hydrogens (primary N) is 1. The number of piperidine rings is 1. The number of rotatable bonds is 5. The van der Waals surface area contributed by atoms with Gasteiger partial charge in [0, 0.05) is 37.4 Å². The van der Waals surface area contributed by atoms with Crippen LogP contribution in [0.25, 0.3) is 16.9 Å². The molecule has 2 aromatic heterocycles. The molecule has 10 heteroatoms. The molecule has 2 aromatic carbocycles. The molecular formula is C25H25FN6O3. The molecule has 0 bridgehead atoms. The minimum Gasteiger partial charge on any atom is -0.340 e. The van der Waals surface area contributed by atoms with Gasteiger partial charge < -0.3 is 10.6 Å². The molecule has 0 saturated carbocycles. The Balaban J connectivity index is 1.74. The number of halogens is 1. The summed E-state index contributed by atoms with van der Waals surface area (Å²) in [6.45, 7) is 0.788. The van der Waals surface area contributed by atoms with Gasteiger partial charge in [-0.05, 0) is 37.1 Å². The molecule has 0 radical (unpaired) electrons. The van der Waals surface area contributed by atoms with Crippen LogP contribution < -0.4 is 21.9 Å². The Morgan fingerprint density at radius 3 is 2.51 bits per heavy atom. The molecule has 2 N–H and O–H groups in total. The molecule has 9 nitrogen and oxygen atoms in total. The monoisotopic (exact) mass is 476 g/mol. The number of ketones is 1. The lowest BCUT2D eigenvalue weighted by atomic mass is 10.1. The summed E-state index contributed by atoms with van der Waals surface area (Å²) in [5.41, 5.74) is 6.14. The average molecular weight is 477 g/mol. The minimum absolute atomic E-state index is 0.0609. The molecule has 0 amide bonds. The second-order valence-corrected chi connectivity index (χ2v) is 8.77. The summed E-state index contributed by atoms with van der Waals surface area (Å²) in [6.07, 6.45) is 1.72. The number of imidazole rings is 1. The van der Waals surface area contributed by atoms with Crippen LogP contribution >= 0.6 is 0 Å². The minimum atomic E-state index is -0.642. The van der Waals surface area contributed by atoms with Crippen molar-refractivity contribution < 1.29 is 9.18 Å². The van der Waals surface area contributed by atoms with Gasteiger partial charge in [0.05, 0.1) is 6.54 Å². The number of fused-ring (bicyclic) bond motifs is 1. The van der Waals surface area contributed by atoms with E-state index in [4.69, 9.17) is 5.73 Å². The number of anilines is 1. The SMILES string of the molecule is Cn1c(=O)n(CC(=O)c2ccccc2)c(=O)c2c1nc(N1CCCC(N)C1)n2-c1ccc(F)cc1. The van der Waals surface area contributed by atoms with E-state index in [0.29, 0.717) is 30.3 Å². The Morgan fingerprint density at radius 2 is 1.83 bits per heavy atom. The summed E-state index contributed by atoms with van der Waals surface area (Å²) in [5, 5.41) is 0. The molecule has 1 atom stereocenters. The first-order valence-electron chi connectivity index (χ1n) is 11.4. The van der Waals surface area contributed by atoms with E-state index in [9.17, 15) is 18.8 Å². The molecule has 5 rings (SSSR count). The number of nitrogens with zero attached hydrogens (tertiary/aromatic N) is 5. The van der Waals surface area contributed by atoms with Crippen molar-refractivity contribution in [2.45, 2.75) is 25.4 Å². The van der Waals surface area contributed by atoms with Crippen LogP contribution in [-0.2, 0) is 13.6 Å². The largest absolute Gasteiger partial charge is 0.340 e. The van der Waals surface area contributed by atoms with E-state index in [1.165, 1.54) is 23.7 Å². The number of benzene rings is 2. The molecule has 35 heavy (non-hydrogen) atoms. The highest BCUT2D eigenvalue weighted by Gasteiger charge is 2.27. The van der Waals surface area contributed by atoms with Crippen LogP contribution in [0.3, 0.4) is 0 Å². The van der Waals surface area contributed by atoms with Crippen molar-refractivity contribution in [1.82, 2.24) is 18.7 Å². The van der Waals surface area contributed by atoms with Gasteiger partial charge in [-0.25, -0.2) is 9.18 Å². The number of carbonyl (C=O) groups excluding carboxylic acids is 1. The lowest BCUT2D eigenvalue weighted by Gasteiger charge is -2.31. The molecule has 1 saturated heterocycles. The van der Waals surface area contributed by atoms with Crippen molar-refractivity contribution in [3.8, 4) is 5.69 Å². The first kappa shape index (κ1) is 22.7. The van der Waals surface area contributed by atoms with Crippen molar-refractivity contribution in [3.05, 3.63) is 86.8 Å². The zero-order valence-electron chi connectivity index (χ0n) is 19.2. The standard InChI is InChI=1S/C25H25FN6O3/c1-29-22-21(23(34)31(25(29)35)15-20(33)16-6-3-2-4-7-16)32(19-11-9-17(26)10-12-19)24(28-22)30-13-5-8-18(27)14-30/h2-4,6-7,9-12,18H,5,8,13-15,27H2,1H3. The van der Waals surface area contributed by atoms with Crippen LogP contribution in [0.15, 0.2) is 64.2 Å². The van der Waals surface area contributed by atoms with Crippen LogP contribution in [0.1, 0.15) is 23.2 Å². The summed E-state index contributed by atoms with van der Waals surface area (Å²) in [4.78, 5) is 46.4. The van der Waals surface area contributed by atoms with Crippen LogP contribution in [0.5, 0.6) is 0 Å². The van der Waals surface area contributed by atoms with Crippen LogP contribution in [0, 0.1) is 5.82 Å². The number of hydrogen-bond acceptors (Lipinski definition) is 6. The highest BCUT2D eigenvalue weighted by molar-refractivity contribution is 5.96. The Hall–Kier alpha value is -4.05. The van der Waals surface area contributed by atoms with E-state index < -0.39 is 23.6 Å². The highest BCUT2D eigenvalue weighted by Crippen LogP contribution is 2.27. The second-order valence-electron chi connectivity index (χ2n) is 8.77. The average Bonchev–Trinajstić information content (AvgIpc) is 3.27. The van der Waals surface area contributed by atoms with Crippen molar-refractivity contribution in [3.63, 3.8) is 0 Å². The zero-order chi connectivity index (χ0) is 24.7. The number of carbonyl (C=O) groups is 1. The number of aromatic nitrogens is 4. The molecule has 4 aromatic rings. The van der Waals surface area contributed by atoms with E-state index >= 15 is 0 Å². The van der Waals surface area contributed by atoms with Gasteiger partial charge >= 0.3 is 5.69 Å². The first-order chi connectivity index (χ1) is 16.8. The Kier molecular flexibility index (Phi) is 5.81. The van der Waals surface area contributed by atoms with Gasteiger partial charge in [-0.1, -0.05) is 30.3 Å². The molecule has 3 heterocycles. The first-order valence-corrected chi connectivity index (χ1v) is 11.4. The van der Waals surface area contributed by atoms with Gasteiger partial charge in [-0.15, -0.1) is 0 Å². The van der Waals surface area contributed by atoms with Gasteiger partial charge in [-0.3, -0.25) is 23.3 Å². The van der Waals surface area contributed by atoms with Crippen molar-refractivity contribution in [2.24, 2.45) is 12.8 Å². The Morgan fingerprint density at radius 1 is 1.11 bits per heavy atom. The third-order valence-corrected chi connectivity index (χ3v) is 6.35. The fourth-order valence-corrected chi connectivity index (χ4v) is 4.55. The lowest BCUT2D eigenvalue weighted by molar-refractivity contribution is 0.0969. The van der Waals surface area contributed by atoms with Crippen LogP contribution in [0.2, 0.25) is 0 Å². The third kappa shape index (κ3) is 4.06. The topological polar surface area (TPSA) is 108 Å². The molecule has 1 aliphatic rings. The van der Waals surface area contributed by atoms with Gasteiger partial charge in [0.25, 0.3) is 5.56 Å². The van der Waals surface area contributed by atoms with Gasteiger partial charge in [0.1, 0.15) is 5.82 Å². The summed E-state index contributed by atoms with van der Waals surface area (Å²) < 4.78 is 17.5. The summed E-state index contributed by atoms with van der Waals surface area (Å²) in [7, 11) is 1.52. The van der Waals surface area contributed by atoms with E-state index in [2.05, 4.69) is 4.98 Å². The quantitative estimate of drug-likeness (QED) is 0.441. The molecule has 180 valence electrons. The zero-order valence-corrected chi connectivity index (χ0v) is 19.2. The molecule has 0 spiro atoms. The Bertz CT molecular complexity index is 1520. The van der Waals surface area contributed by atoms with Gasteiger partial charge in [0.15, 0.2) is 16.9 Å². The van der Waals surface area contributed by atoms with E-state index in [1.807, 2.05) is 4.90 Å². The van der Waals surface area contributed by atoms with Crippen molar-refractivity contribution >= 4 is 22.9 Å². The predicted octanol–water partition coefficient (Wildman–Crippen LogP) is 1.84. The maximum atomic E-state index is 13.7. The number of hydrogen-bond donors (Lipinski definition) is 1. The fourth-order valence-electron chi connectivity index (χ4n) is 4.55. The molecular weight excluding hydrogens is 451 g/mol. The Labute approximate surface area is 199 Å². The summed E-state index contributed by atoms with van der Waals surface area (Å²) in [5.74, 6) is -0.335. The maximum Gasteiger partial charge on any atom is 0.332 e. The van der Waals surface area contributed by atoms with E-state index in [1.54, 1.807) is 47.0 Å². The van der Waals surface area contributed by atoms with Crippen LogP contribution in [-0.4, -0.2) is 43.6 Å². The highest BCUT2D eigenvalue weighted by atomic mass is 19.1. The summed E-state index contributed by atoms with van der Waals surface area (Å²) >= 11 is 0. The smallest absolute Gasteiger partial charge is 0.332 e. The number of Topliss-reactive ketones (excluding diaryl/α,β-unsaturated/α-hetero) is 1. The predicted molar refractivity (Wildman–Crippen MR) is 131 cm³/mol. The van der Waals surface area contributed by atoms with Gasteiger partial charge in [-0.2, -0.15) is 4.98 Å². The van der Waals surface area contributed by atoms with Crippen molar-refractivity contribution in [2.75, 3.05) is 18.0 Å². The van der Waals surface area contributed by atoms with E-state index in [0.717, 1.165) is 17.4 Å². The fraction of sp³-hybridized carbons (Fsp3) is 0.280. The number of aryl methyl sites for hydroxylation is 1. The van der Waals surface area contributed by atoms with E-state index in [-0.39, 0.29) is 23.0 Å². The maximum absolute atomic E-state index is 13.7. The van der Waals surface area contributed by atoms with Gasteiger partial charge in [0.2, 0.25) is 5.95 Å². The summed E-state index contributed by atoms with van der Waals surface area (Å²) in [6, 6.07) is 14.1.